The molecular formula is C22H18Cl2N2O3. The number of rotatable bonds is 3. The molecule has 0 aliphatic carbocycles. The van der Waals surface area contributed by atoms with E-state index in [2.05, 4.69) is 4.90 Å². The van der Waals surface area contributed by atoms with Gasteiger partial charge in [0, 0.05) is 16.6 Å². The molecule has 3 heterocycles. The van der Waals surface area contributed by atoms with Gasteiger partial charge >= 0.3 is 0 Å². The van der Waals surface area contributed by atoms with E-state index in [9.17, 15) is 14.4 Å². The molecule has 0 spiro atoms. The highest BCUT2D eigenvalue weighted by molar-refractivity contribution is 6.36. The van der Waals surface area contributed by atoms with Gasteiger partial charge in [0.1, 0.15) is 0 Å². The molecule has 0 aromatic heterocycles. The number of hydrogen-bond donors (Lipinski definition) is 0. The fraction of sp³-hybridized carbons (Fsp3) is 0.318. The molecule has 2 aromatic rings. The normalized spacial score (nSPS) is 28.7. The molecule has 3 aliphatic rings. The number of fused-ring (bicyclic) bond motifs is 3. The Balaban J connectivity index is 1.56. The molecule has 4 atom stereocenters. The molecule has 2 amide bonds. The highest BCUT2D eigenvalue weighted by Crippen LogP contribution is 2.49. The van der Waals surface area contributed by atoms with Crippen LogP contribution in [-0.2, 0) is 9.59 Å². The maximum absolute atomic E-state index is 13.4. The molecule has 29 heavy (non-hydrogen) atoms. The van der Waals surface area contributed by atoms with Crippen LogP contribution < -0.4 is 4.90 Å². The standard InChI is InChI=1S/C22H18Cl2N2O3/c23-13-9-7-12(8-10-13)20(27)19-18-17(16-6-3-11-25(16)19)21(28)26(22(18)29)15-5-2-1-4-14(15)24/h1-2,4-5,7-10,16-19H,3,6,11H2/t16-,17-,18+,19+/m1/s1. The van der Waals surface area contributed by atoms with Crippen LogP contribution in [-0.4, -0.2) is 41.1 Å². The van der Waals surface area contributed by atoms with E-state index in [4.69, 9.17) is 23.2 Å². The van der Waals surface area contributed by atoms with E-state index >= 15 is 0 Å². The number of amides is 2. The van der Waals surface area contributed by atoms with E-state index in [1.54, 1.807) is 48.5 Å². The van der Waals surface area contributed by atoms with Crippen LogP contribution in [0.1, 0.15) is 23.2 Å². The number of carbonyl (C=O) groups excluding carboxylic acids is 3. The fourth-order valence-corrected chi connectivity index (χ4v) is 5.52. The number of halogens is 2. The highest BCUT2D eigenvalue weighted by atomic mass is 35.5. The van der Waals surface area contributed by atoms with Crippen molar-refractivity contribution in [3.05, 3.63) is 64.1 Å². The lowest BCUT2D eigenvalue weighted by atomic mass is 9.85. The first-order valence-electron chi connectivity index (χ1n) is 9.67. The summed E-state index contributed by atoms with van der Waals surface area (Å²) in [6.45, 7) is 0.717. The quantitative estimate of drug-likeness (QED) is 0.550. The molecule has 0 N–H and O–H groups in total. The molecule has 0 unspecified atom stereocenters. The maximum atomic E-state index is 13.4. The Kier molecular flexibility index (Phi) is 4.50. The summed E-state index contributed by atoms with van der Waals surface area (Å²) in [5.41, 5.74) is 0.892. The molecular weight excluding hydrogens is 411 g/mol. The number of nitrogens with zero attached hydrogens (tertiary/aromatic N) is 2. The summed E-state index contributed by atoms with van der Waals surface area (Å²) in [4.78, 5) is 43.4. The van der Waals surface area contributed by atoms with E-state index in [-0.39, 0.29) is 23.6 Å². The summed E-state index contributed by atoms with van der Waals surface area (Å²) >= 11 is 12.2. The van der Waals surface area contributed by atoms with E-state index in [1.165, 1.54) is 4.90 Å². The van der Waals surface area contributed by atoms with Gasteiger partial charge in [0.15, 0.2) is 5.78 Å². The zero-order valence-corrected chi connectivity index (χ0v) is 16.9. The van der Waals surface area contributed by atoms with Crippen LogP contribution in [0.3, 0.4) is 0 Å². The monoisotopic (exact) mass is 428 g/mol. The van der Waals surface area contributed by atoms with Crippen molar-refractivity contribution in [2.45, 2.75) is 24.9 Å². The summed E-state index contributed by atoms with van der Waals surface area (Å²) in [7, 11) is 0. The Morgan fingerprint density at radius 3 is 2.34 bits per heavy atom. The lowest BCUT2D eigenvalue weighted by Gasteiger charge is -2.27. The summed E-state index contributed by atoms with van der Waals surface area (Å²) in [6.07, 6.45) is 1.72. The van der Waals surface area contributed by atoms with Gasteiger partial charge < -0.3 is 0 Å². The fourth-order valence-electron chi connectivity index (χ4n) is 5.17. The van der Waals surface area contributed by atoms with Crippen LogP contribution in [0.2, 0.25) is 10.0 Å². The van der Waals surface area contributed by atoms with E-state index < -0.39 is 17.9 Å². The van der Waals surface area contributed by atoms with Crippen LogP contribution in [0.5, 0.6) is 0 Å². The van der Waals surface area contributed by atoms with Crippen molar-refractivity contribution in [3.63, 3.8) is 0 Å². The molecule has 3 fully saturated rings. The number of carbonyl (C=O) groups is 3. The summed E-state index contributed by atoms with van der Waals surface area (Å²) < 4.78 is 0. The maximum Gasteiger partial charge on any atom is 0.239 e. The van der Waals surface area contributed by atoms with Crippen LogP contribution >= 0.6 is 23.2 Å². The molecule has 3 aliphatic heterocycles. The molecule has 7 heteroatoms. The van der Waals surface area contributed by atoms with Gasteiger partial charge in [-0.3, -0.25) is 19.3 Å². The number of Topliss-reactive ketones (excluding diaryl/α,β-unsaturated/α-hetero) is 1. The van der Waals surface area contributed by atoms with Crippen molar-refractivity contribution in [2.75, 3.05) is 11.4 Å². The van der Waals surface area contributed by atoms with Gasteiger partial charge in [-0.05, 0) is 55.8 Å². The smallest absolute Gasteiger partial charge is 0.239 e. The van der Waals surface area contributed by atoms with Crippen molar-refractivity contribution in [1.82, 2.24) is 4.90 Å². The van der Waals surface area contributed by atoms with Gasteiger partial charge in [-0.1, -0.05) is 35.3 Å². The van der Waals surface area contributed by atoms with Crippen LogP contribution in [0, 0.1) is 11.8 Å². The van der Waals surface area contributed by atoms with Crippen molar-refractivity contribution in [1.29, 1.82) is 0 Å². The molecule has 3 saturated heterocycles. The Labute approximate surface area is 178 Å². The number of hydrogen-bond acceptors (Lipinski definition) is 4. The minimum atomic E-state index is -0.688. The SMILES string of the molecule is O=C(c1ccc(Cl)cc1)[C@@H]1[C@H]2C(=O)N(c3ccccc3Cl)C(=O)[C@@H]2[C@H]2CCCN21. The molecule has 2 aromatic carbocycles. The molecule has 148 valence electrons. The average molecular weight is 429 g/mol. The topological polar surface area (TPSA) is 57.7 Å². The summed E-state index contributed by atoms with van der Waals surface area (Å²) in [6, 6.07) is 12.8. The molecule has 0 saturated carbocycles. The number of anilines is 1. The first kappa shape index (κ1) is 18.8. The lowest BCUT2D eigenvalue weighted by molar-refractivity contribution is -0.123. The zero-order valence-electron chi connectivity index (χ0n) is 15.4. The minimum Gasteiger partial charge on any atom is -0.292 e. The second kappa shape index (κ2) is 6.94. The third kappa shape index (κ3) is 2.75. The first-order chi connectivity index (χ1) is 14.0. The van der Waals surface area contributed by atoms with Crippen LogP contribution in [0.4, 0.5) is 5.69 Å². The third-order valence-electron chi connectivity index (χ3n) is 6.34. The second-order valence-corrected chi connectivity index (χ2v) is 8.62. The van der Waals surface area contributed by atoms with Gasteiger partial charge in [0.2, 0.25) is 11.8 Å². The van der Waals surface area contributed by atoms with Crippen molar-refractivity contribution in [2.24, 2.45) is 11.8 Å². The third-order valence-corrected chi connectivity index (χ3v) is 6.91. The first-order valence-corrected chi connectivity index (χ1v) is 10.4. The predicted molar refractivity (Wildman–Crippen MR) is 110 cm³/mol. The van der Waals surface area contributed by atoms with Gasteiger partial charge in [0.25, 0.3) is 0 Å². The zero-order chi connectivity index (χ0) is 20.3. The Hall–Kier alpha value is -2.21. The van der Waals surface area contributed by atoms with Gasteiger partial charge in [-0.15, -0.1) is 0 Å². The van der Waals surface area contributed by atoms with E-state index in [1.807, 2.05) is 0 Å². The number of para-hydroxylation sites is 1. The van der Waals surface area contributed by atoms with Crippen LogP contribution in [0.25, 0.3) is 0 Å². The van der Waals surface area contributed by atoms with Gasteiger partial charge in [-0.2, -0.15) is 0 Å². The Morgan fingerprint density at radius 2 is 1.62 bits per heavy atom. The van der Waals surface area contributed by atoms with Crippen LogP contribution in [0.15, 0.2) is 48.5 Å². The molecule has 5 nitrogen and oxygen atoms in total. The second-order valence-electron chi connectivity index (χ2n) is 7.78. The summed E-state index contributed by atoms with van der Waals surface area (Å²) in [5, 5.41) is 0.889. The lowest BCUT2D eigenvalue weighted by Crippen LogP contribution is -2.46. The number of ketones is 1. The van der Waals surface area contributed by atoms with Gasteiger partial charge in [-0.25, -0.2) is 4.90 Å². The summed E-state index contributed by atoms with van der Waals surface area (Å²) in [5.74, 6) is -1.93. The predicted octanol–water partition coefficient (Wildman–Crippen LogP) is 3.83. The molecule has 5 rings (SSSR count). The van der Waals surface area contributed by atoms with Crippen molar-refractivity contribution in [3.8, 4) is 0 Å². The van der Waals surface area contributed by atoms with Crippen molar-refractivity contribution < 1.29 is 14.4 Å². The average Bonchev–Trinajstić information content (AvgIpc) is 3.35. The van der Waals surface area contributed by atoms with Crippen molar-refractivity contribution >= 4 is 46.5 Å². The number of imide groups is 1. The number of benzene rings is 2. The largest absolute Gasteiger partial charge is 0.292 e. The Morgan fingerprint density at radius 1 is 0.931 bits per heavy atom. The molecule has 0 radical (unpaired) electrons. The molecule has 0 bridgehead atoms. The highest BCUT2D eigenvalue weighted by Gasteiger charge is 2.64. The van der Waals surface area contributed by atoms with E-state index in [0.717, 1.165) is 12.8 Å². The van der Waals surface area contributed by atoms with E-state index in [0.29, 0.717) is 27.8 Å². The minimum absolute atomic E-state index is 0.0924. The Bertz CT molecular complexity index is 1020. The van der Waals surface area contributed by atoms with Gasteiger partial charge in [0.05, 0.1) is 28.6 Å².